The fourth-order valence-electron chi connectivity index (χ4n) is 2.55. The number of benzene rings is 2. The van der Waals surface area contributed by atoms with Gasteiger partial charge in [-0.25, -0.2) is 0 Å². The molecule has 0 aliphatic rings. The van der Waals surface area contributed by atoms with Gasteiger partial charge in [0.05, 0.1) is 12.6 Å². The fourth-order valence-corrected chi connectivity index (χ4v) is 2.55. The number of rotatable bonds is 6. The molecule has 1 unspecified atom stereocenters. The quantitative estimate of drug-likeness (QED) is 0.832. The Morgan fingerprint density at radius 1 is 1.18 bits per heavy atom. The number of aldehydes is 1. The van der Waals surface area contributed by atoms with Gasteiger partial charge in [-0.1, -0.05) is 37.3 Å². The lowest BCUT2D eigenvalue weighted by Gasteiger charge is -2.17. The van der Waals surface area contributed by atoms with Crippen molar-refractivity contribution in [2.24, 2.45) is 5.73 Å². The van der Waals surface area contributed by atoms with Crippen molar-refractivity contribution in [3.05, 3.63) is 53.6 Å². The number of ether oxygens (including phenoxy) is 1. The van der Waals surface area contributed by atoms with E-state index in [2.05, 4.69) is 31.2 Å². The predicted molar refractivity (Wildman–Crippen MR) is 90.2 cm³/mol. The van der Waals surface area contributed by atoms with Crippen molar-refractivity contribution in [1.29, 1.82) is 0 Å². The highest BCUT2D eigenvalue weighted by Crippen LogP contribution is 2.28. The predicted octanol–water partition coefficient (Wildman–Crippen LogP) is 3.38. The van der Waals surface area contributed by atoms with Crippen LogP contribution < -0.4 is 10.5 Å². The van der Waals surface area contributed by atoms with E-state index in [1.54, 1.807) is 14.0 Å². The number of hydrogen-bond acceptors (Lipinski definition) is 3. The van der Waals surface area contributed by atoms with E-state index in [1.807, 2.05) is 18.2 Å². The Hall–Kier alpha value is -2.13. The van der Waals surface area contributed by atoms with E-state index >= 15 is 0 Å². The van der Waals surface area contributed by atoms with Gasteiger partial charge in [0.1, 0.15) is 12.0 Å². The molecule has 0 fully saturated rings. The molecule has 2 aromatic rings. The van der Waals surface area contributed by atoms with E-state index in [0.29, 0.717) is 6.42 Å². The van der Waals surface area contributed by atoms with Crippen LogP contribution in [0.15, 0.2) is 42.5 Å². The van der Waals surface area contributed by atoms with Crippen molar-refractivity contribution in [3.8, 4) is 16.9 Å². The highest BCUT2D eigenvalue weighted by atomic mass is 16.5. The zero-order valence-electron chi connectivity index (χ0n) is 13.4. The van der Waals surface area contributed by atoms with E-state index < -0.39 is 5.54 Å². The van der Waals surface area contributed by atoms with E-state index in [-0.39, 0.29) is 0 Å². The largest absolute Gasteiger partial charge is 0.497 e. The van der Waals surface area contributed by atoms with Crippen LogP contribution in [-0.4, -0.2) is 18.9 Å². The van der Waals surface area contributed by atoms with Gasteiger partial charge in [-0.05, 0) is 54.2 Å². The second kappa shape index (κ2) is 6.75. The summed E-state index contributed by atoms with van der Waals surface area (Å²) in [5.74, 6) is 0.877. The second-order valence-corrected chi connectivity index (χ2v) is 5.87. The Labute approximate surface area is 132 Å². The monoisotopic (exact) mass is 297 g/mol. The molecule has 3 heteroatoms. The van der Waals surface area contributed by atoms with Crippen LogP contribution in [0.5, 0.6) is 5.75 Å². The highest BCUT2D eigenvalue weighted by Gasteiger charge is 2.17. The van der Waals surface area contributed by atoms with Gasteiger partial charge >= 0.3 is 0 Å². The number of methoxy groups -OCH3 is 1. The minimum atomic E-state index is -0.809. The molecule has 0 saturated heterocycles. The molecule has 0 aromatic heterocycles. The summed E-state index contributed by atoms with van der Waals surface area (Å²) in [5.41, 5.74) is 9.77. The molecule has 0 bridgehead atoms. The van der Waals surface area contributed by atoms with Gasteiger partial charge in [-0.3, -0.25) is 0 Å². The SMILES string of the molecule is CCc1cc(OC)ccc1-c1ccc(CC(C)(N)C=O)cc1. The Kier molecular flexibility index (Phi) is 4.99. The van der Waals surface area contributed by atoms with E-state index in [9.17, 15) is 4.79 Å². The molecule has 116 valence electrons. The molecule has 0 saturated carbocycles. The van der Waals surface area contributed by atoms with Crippen molar-refractivity contribution in [1.82, 2.24) is 0 Å². The average Bonchev–Trinajstić information content (AvgIpc) is 2.54. The minimum Gasteiger partial charge on any atom is -0.497 e. The molecule has 0 radical (unpaired) electrons. The molecule has 1 atom stereocenters. The smallest absolute Gasteiger partial charge is 0.139 e. The lowest BCUT2D eigenvalue weighted by molar-refractivity contribution is -0.111. The van der Waals surface area contributed by atoms with Crippen LogP contribution in [0, 0.1) is 0 Å². The van der Waals surface area contributed by atoms with Crippen molar-refractivity contribution in [2.75, 3.05) is 7.11 Å². The van der Waals surface area contributed by atoms with Crippen molar-refractivity contribution >= 4 is 6.29 Å². The van der Waals surface area contributed by atoms with Crippen LogP contribution in [0.25, 0.3) is 11.1 Å². The standard InChI is InChI=1S/C19H23NO2/c1-4-15-11-17(22-3)9-10-18(15)16-7-5-14(6-8-16)12-19(2,20)13-21/h5-11,13H,4,12,20H2,1-3H3. The number of carbonyl (C=O) groups excluding carboxylic acids is 1. The van der Waals surface area contributed by atoms with Gasteiger partial charge in [-0.15, -0.1) is 0 Å². The Balaban J connectivity index is 2.29. The Morgan fingerprint density at radius 2 is 1.86 bits per heavy atom. The zero-order valence-corrected chi connectivity index (χ0v) is 13.4. The summed E-state index contributed by atoms with van der Waals surface area (Å²) >= 11 is 0. The number of hydrogen-bond donors (Lipinski definition) is 1. The van der Waals surface area contributed by atoms with Crippen LogP contribution in [0.3, 0.4) is 0 Å². The first-order chi connectivity index (χ1) is 10.5. The van der Waals surface area contributed by atoms with Gasteiger partial charge in [0.25, 0.3) is 0 Å². The summed E-state index contributed by atoms with van der Waals surface area (Å²) in [6.07, 6.45) is 2.29. The molecular weight excluding hydrogens is 274 g/mol. The highest BCUT2D eigenvalue weighted by molar-refractivity contribution is 5.69. The summed E-state index contributed by atoms with van der Waals surface area (Å²) in [6.45, 7) is 3.88. The third kappa shape index (κ3) is 3.74. The molecule has 2 N–H and O–H groups in total. The van der Waals surface area contributed by atoms with Gasteiger partial charge in [0.15, 0.2) is 0 Å². The van der Waals surface area contributed by atoms with Crippen molar-refractivity contribution < 1.29 is 9.53 Å². The second-order valence-electron chi connectivity index (χ2n) is 5.87. The van der Waals surface area contributed by atoms with E-state index in [4.69, 9.17) is 10.5 Å². The maximum Gasteiger partial charge on any atom is 0.139 e. The Morgan fingerprint density at radius 3 is 2.41 bits per heavy atom. The molecular formula is C19H23NO2. The molecule has 0 aliphatic heterocycles. The minimum absolute atomic E-state index is 0.542. The van der Waals surface area contributed by atoms with Crippen LogP contribution in [0.4, 0.5) is 0 Å². The van der Waals surface area contributed by atoms with Gasteiger partial charge in [-0.2, -0.15) is 0 Å². The number of carbonyl (C=O) groups is 1. The third-order valence-corrected chi connectivity index (χ3v) is 3.81. The van der Waals surface area contributed by atoms with Crippen LogP contribution in [0.1, 0.15) is 25.0 Å². The molecule has 0 spiro atoms. The maximum atomic E-state index is 10.9. The molecule has 22 heavy (non-hydrogen) atoms. The molecule has 3 nitrogen and oxygen atoms in total. The first kappa shape index (κ1) is 16.2. The lowest BCUT2D eigenvalue weighted by Crippen LogP contribution is -2.40. The molecule has 0 heterocycles. The first-order valence-corrected chi connectivity index (χ1v) is 7.50. The fraction of sp³-hybridized carbons (Fsp3) is 0.316. The maximum absolute atomic E-state index is 10.9. The number of aryl methyl sites for hydroxylation is 1. The van der Waals surface area contributed by atoms with E-state index in [1.165, 1.54) is 11.1 Å². The van der Waals surface area contributed by atoms with Gasteiger partial charge in [0.2, 0.25) is 0 Å². The topological polar surface area (TPSA) is 52.3 Å². The normalized spacial score (nSPS) is 13.5. The molecule has 0 amide bonds. The molecule has 2 aromatic carbocycles. The summed E-state index contributed by atoms with van der Waals surface area (Å²) in [4.78, 5) is 10.9. The zero-order chi connectivity index (χ0) is 16.2. The average molecular weight is 297 g/mol. The van der Waals surface area contributed by atoms with Gasteiger partial charge in [0, 0.05) is 0 Å². The molecule has 2 rings (SSSR count). The Bertz CT molecular complexity index is 645. The third-order valence-electron chi connectivity index (χ3n) is 3.81. The summed E-state index contributed by atoms with van der Waals surface area (Å²) in [6, 6.07) is 14.4. The van der Waals surface area contributed by atoms with Crippen molar-refractivity contribution in [2.45, 2.75) is 32.2 Å². The summed E-state index contributed by atoms with van der Waals surface area (Å²) in [7, 11) is 1.68. The van der Waals surface area contributed by atoms with Crippen LogP contribution >= 0.6 is 0 Å². The summed E-state index contributed by atoms with van der Waals surface area (Å²) < 4.78 is 5.29. The summed E-state index contributed by atoms with van der Waals surface area (Å²) in [5, 5.41) is 0. The van der Waals surface area contributed by atoms with E-state index in [0.717, 1.165) is 29.6 Å². The lowest BCUT2D eigenvalue weighted by atomic mass is 9.93. The van der Waals surface area contributed by atoms with Crippen molar-refractivity contribution in [3.63, 3.8) is 0 Å². The molecule has 0 aliphatic carbocycles. The van der Waals surface area contributed by atoms with Crippen LogP contribution in [0.2, 0.25) is 0 Å². The first-order valence-electron chi connectivity index (χ1n) is 7.50. The number of nitrogens with two attached hydrogens (primary N) is 1. The van der Waals surface area contributed by atoms with Crippen LogP contribution in [-0.2, 0) is 17.6 Å². The van der Waals surface area contributed by atoms with Gasteiger partial charge < -0.3 is 15.3 Å².